The predicted octanol–water partition coefficient (Wildman–Crippen LogP) is 4.89. The molecule has 1 fully saturated rings. The summed E-state index contributed by atoms with van der Waals surface area (Å²) in [7, 11) is 1.34. The van der Waals surface area contributed by atoms with Crippen LogP contribution in [0.25, 0.3) is 0 Å². The molecule has 0 radical (unpaired) electrons. The van der Waals surface area contributed by atoms with E-state index in [2.05, 4.69) is 19.2 Å². The zero-order valence-corrected chi connectivity index (χ0v) is 24.7. The topological polar surface area (TPSA) is 102 Å². The minimum Gasteiger partial charge on any atom is -0.469 e. The Morgan fingerprint density at radius 2 is 1.70 bits per heavy atom. The van der Waals surface area contributed by atoms with Crippen LogP contribution >= 0.6 is 0 Å². The molecule has 0 aromatic rings. The Labute approximate surface area is 224 Å². The van der Waals surface area contributed by atoms with Gasteiger partial charge in [0.2, 0.25) is 11.8 Å². The van der Waals surface area contributed by atoms with Crippen LogP contribution < -0.4 is 5.32 Å². The molecule has 1 N–H and O–H groups in total. The van der Waals surface area contributed by atoms with E-state index in [4.69, 9.17) is 9.47 Å². The third-order valence-corrected chi connectivity index (χ3v) is 8.01. The van der Waals surface area contributed by atoms with Crippen molar-refractivity contribution in [2.75, 3.05) is 33.4 Å². The van der Waals surface area contributed by atoms with Crippen molar-refractivity contribution in [2.45, 2.75) is 106 Å². The average molecular weight is 525 g/mol. The number of amides is 2. The van der Waals surface area contributed by atoms with Gasteiger partial charge < -0.3 is 19.7 Å². The Kier molecular flexibility index (Phi) is 13.1. The lowest BCUT2D eigenvalue weighted by atomic mass is 9.65. The molecule has 0 bridgehead atoms. The molecule has 3 atom stereocenters. The second kappa shape index (κ2) is 14.7. The molecule has 37 heavy (non-hydrogen) atoms. The Morgan fingerprint density at radius 1 is 1.03 bits per heavy atom. The van der Waals surface area contributed by atoms with Crippen LogP contribution in [0.3, 0.4) is 0 Å². The molecule has 1 saturated heterocycles. The molecule has 1 aliphatic heterocycles. The summed E-state index contributed by atoms with van der Waals surface area (Å²) in [6, 6.07) is 0. The van der Waals surface area contributed by atoms with Crippen molar-refractivity contribution < 1.29 is 28.7 Å². The lowest BCUT2D eigenvalue weighted by molar-refractivity contribution is -0.165. The monoisotopic (exact) mass is 524 g/mol. The Balaban J connectivity index is 2.92. The highest BCUT2D eigenvalue weighted by Crippen LogP contribution is 2.45. The first-order valence-electron chi connectivity index (χ1n) is 14.1. The van der Waals surface area contributed by atoms with Gasteiger partial charge in [-0.3, -0.25) is 19.2 Å². The van der Waals surface area contributed by atoms with E-state index in [0.717, 1.165) is 38.6 Å². The van der Waals surface area contributed by atoms with Gasteiger partial charge in [0.1, 0.15) is 0 Å². The van der Waals surface area contributed by atoms with Gasteiger partial charge in [-0.1, -0.05) is 53.9 Å². The minimum atomic E-state index is -1.07. The molecule has 214 valence electrons. The van der Waals surface area contributed by atoms with Crippen LogP contribution in [0.1, 0.15) is 106 Å². The maximum Gasteiger partial charge on any atom is 0.311 e. The summed E-state index contributed by atoms with van der Waals surface area (Å²) in [4.78, 5) is 53.0. The smallest absolute Gasteiger partial charge is 0.311 e. The molecule has 1 aliphatic rings. The number of carbonyl (C=O) groups is 4. The van der Waals surface area contributed by atoms with Crippen LogP contribution in [0.4, 0.5) is 0 Å². The maximum absolute atomic E-state index is 13.3. The second-order valence-electron chi connectivity index (χ2n) is 12.0. The van der Waals surface area contributed by atoms with Gasteiger partial charge in [0.15, 0.2) is 0 Å². The number of hydrogen-bond donors (Lipinski definition) is 1. The van der Waals surface area contributed by atoms with Gasteiger partial charge in [0.05, 0.1) is 24.5 Å². The van der Waals surface area contributed by atoms with Gasteiger partial charge in [-0.15, -0.1) is 0 Å². The zero-order chi connectivity index (χ0) is 28.3. The highest BCUT2D eigenvalue weighted by atomic mass is 16.5. The van der Waals surface area contributed by atoms with Crippen molar-refractivity contribution in [3.63, 3.8) is 0 Å². The normalized spacial score (nSPS) is 18.1. The van der Waals surface area contributed by atoms with Gasteiger partial charge in [0.25, 0.3) is 0 Å². The summed E-state index contributed by atoms with van der Waals surface area (Å²) >= 11 is 0. The van der Waals surface area contributed by atoms with Crippen LogP contribution in [0.5, 0.6) is 0 Å². The molecule has 3 unspecified atom stereocenters. The number of rotatable bonds is 17. The largest absolute Gasteiger partial charge is 0.469 e. The summed E-state index contributed by atoms with van der Waals surface area (Å²) < 4.78 is 11.0. The van der Waals surface area contributed by atoms with Gasteiger partial charge in [-0.2, -0.15) is 0 Å². The number of likely N-dealkylation sites (tertiary alicyclic amines) is 1. The predicted molar refractivity (Wildman–Crippen MR) is 145 cm³/mol. The van der Waals surface area contributed by atoms with Crippen molar-refractivity contribution in [3.8, 4) is 0 Å². The fraction of sp³-hybridized carbons (Fsp3) is 0.862. The fourth-order valence-electron chi connectivity index (χ4n) is 5.46. The van der Waals surface area contributed by atoms with Crippen molar-refractivity contribution in [2.24, 2.45) is 22.2 Å². The molecule has 2 amide bonds. The molecule has 1 rings (SSSR count). The standard InChI is InChI=1S/C29H52N2O6/c1-9-12-14-22(10-2)19-37-26(35)28(6,11-3)21-29(7,25(34)36-8)20-27(4,5)24(33)30-16-18-31-17-13-15-23(31)32/h22H,9-21H2,1-8H3,(H,30,33). The summed E-state index contributed by atoms with van der Waals surface area (Å²) in [5, 5.41) is 2.93. The summed E-state index contributed by atoms with van der Waals surface area (Å²) in [6.07, 6.45) is 6.52. The molecule has 0 spiro atoms. The number of methoxy groups -OCH3 is 1. The van der Waals surface area contributed by atoms with Crippen molar-refractivity contribution in [1.29, 1.82) is 0 Å². The number of carbonyl (C=O) groups excluding carboxylic acids is 4. The first-order valence-corrected chi connectivity index (χ1v) is 14.1. The molecule has 0 saturated carbocycles. The van der Waals surface area contributed by atoms with Crippen LogP contribution in [-0.4, -0.2) is 62.0 Å². The van der Waals surface area contributed by atoms with Crippen LogP contribution in [0, 0.1) is 22.2 Å². The zero-order valence-electron chi connectivity index (χ0n) is 24.7. The first kappa shape index (κ1) is 32.9. The van der Waals surface area contributed by atoms with E-state index in [1.165, 1.54) is 7.11 Å². The SMILES string of the molecule is CCCCC(CC)COC(=O)C(C)(CC)CC(C)(CC(C)(C)C(=O)NCCN1CCCC1=O)C(=O)OC. The maximum atomic E-state index is 13.3. The van der Waals surface area contributed by atoms with Crippen molar-refractivity contribution in [1.82, 2.24) is 10.2 Å². The highest BCUT2D eigenvalue weighted by Gasteiger charge is 2.49. The van der Waals surface area contributed by atoms with Crippen LogP contribution in [0.2, 0.25) is 0 Å². The van der Waals surface area contributed by atoms with Crippen molar-refractivity contribution >= 4 is 23.8 Å². The van der Waals surface area contributed by atoms with Gasteiger partial charge in [0, 0.05) is 31.5 Å². The van der Waals surface area contributed by atoms with E-state index in [-0.39, 0.29) is 30.6 Å². The molecule has 8 nitrogen and oxygen atoms in total. The van der Waals surface area contributed by atoms with Gasteiger partial charge in [-0.05, 0) is 51.9 Å². The Morgan fingerprint density at radius 3 is 2.22 bits per heavy atom. The van der Waals surface area contributed by atoms with Crippen molar-refractivity contribution in [3.05, 3.63) is 0 Å². The average Bonchev–Trinajstić information content (AvgIpc) is 3.27. The van der Waals surface area contributed by atoms with E-state index < -0.39 is 22.2 Å². The summed E-state index contributed by atoms with van der Waals surface area (Å²) in [5.74, 6) is -0.504. The van der Waals surface area contributed by atoms with Crippen LogP contribution in [0.15, 0.2) is 0 Å². The lowest BCUT2D eigenvalue weighted by Gasteiger charge is -2.39. The first-order chi connectivity index (χ1) is 17.3. The highest BCUT2D eigenvalue weighted by molar-refractivity contribution is 5.85. The molecular weight excluding hydrogens is 472 g/mol. The van der Waals surface area contributed by atoms with E-state index in [9.17, 15) is 19.2 Å². The minimum absolute atomic E-state index is 0.119. The van der Waals surface area contributed by atoms with E-state index in [1.807, 2.05) is 13.8 Å². The van der Waals surface area contributed by atoms with Crippen LogP contribution in [-0.2, 0) is 28.7 Å². The Bertz CT molecular complexity index is 782. The van der Waals surface area contributed by atoms with E-state index in [0.29, 0.717) is 38.5 Å². The summed E-state index contributed by atoms with van der Waals surface area (Å²) in [6.45, 7) is 15.3. The number of hydrogen-bond acceptors (Lipinski definition) is 6. The molecule has 0 aromatic heterocycles. The molecular formula is C29H52N2O6. The Hall–Kier alpha value is -2.12. The van der Waals surface area contributed by atoms with Gasteiger partial charge in [-0.25, -0.2) is 0 Å². The third kappa shape index (κ3) is 9.60. The quantitative estimate of drug-likeness (QED) is 0.272. The molecule has 0 aromatic carbocycles. The van der Waals surface area contributed by atoms with E-state index in [1.54, 1.807) is 25.7 Å². The number of ether oxygens (including phenoxy) is 2. The number of esters is 2. The number of nitrogens with one attached hydrogen (secondary N) is 1. The molecule has 8 heteroatoms. The lowest BCUT2D eigenvalue weighted by Crippen LogP contribution is -2.47. The summed E-state index contributed by atoms with van der Waals surface area (Å²) in [5.41, 5.74) is -2.87. The number of nitrogens with zero attached hydrogens (tertiary/aromatic N) is 1. The molecule has 0 aliphatic carbocycles. The second-order valence-corrected chi connectivity index (χ2v) is 12.0. The molecule has 1 heterocycles. The number of unbranched alkanes of at least 4 members (excludes halogenated alkanes) is 1. The fourth-order valence-corrected chi connectivity index (χ4v) is 5.46. The third-order valence-electron chi connectivity index (χ3n) is 8.01. The van der Waals surface area contributed by atoms with E-state index >= 15 is 0 Å². The van der Waals surface area contributed by atoms with Gasteiger partial charge >= 0.3 is 11.9 Å².